The number of rotatable bonds is 19. The van der Waals surface area contributed by atoms with Crippen LogP contribution in [0.3, 0.4) is 0 Å². The average Bonchev–Trinajstić information content (AvgIpc) is 3.51. The lowest BCUT2D eigenvalue weighted by molar-refractivity contribution is -0.146. The Labute approximate surface area is 285 Å². The second-order valence-electron chi connectivity index (χ2n) is 11.4. The van der Waals surface area contributed by atoms with Gasteiger partial charge in [0.15, 0.2) is 11.6 Å². The molecule has 3 heterocycles. The number of hydrogen-bond acceptors (Lipinski definition) is 12. The summed E-state index contributed by atoms with van der Waals surface area (Å²) in [7, 11) is 3.22. The maximum Gasteiger partial charge on any atom is 0.331 e. The highest BCUT2D eigenvalue weighted by molar-refractivity contribution is 5.95. The molecule has 5 rings (SSSR count). The van der Waals surface area contributed by atoms with Gasteiger partial charge >= 0.3 is 5.97 Å². The van der Waals surface area contributed by atoms with Crippen LogP contribution in [-0.4, -0.2) is 83.4 Å². The van der Waals surface area contributed by atoms with Crippen LogP contribution >= 0.6 is 0 Å². The molecule has 2 aromatic carbocycles. The molecule has 2 aromatic heterocycles. The van der Waals surface area contributed by atoms with Crippen molar-refractivity contribution in [2.45, 2.75) is 44.7 Å². The van der Waals surface area contributed by atoms with Crippen LogP contribution in [0.25, 0.3) is 11.5 Å². The van der Waals surface area contributed by atoms with Crippen molar-refractivity contribution in [1.29, 1.82) is 0 Å². The van der Waals surface area contributed by atoms with Gasteiger partial charge in [0.25, 0.3) is 5.91 Å². The summed E-state index contributed by atoms with van der Waals surface area (Å²) in [4.78, 5) is 32.6. The minimum absolute atomic E-state index is 0.0308. The van der Waals surface area contributed by atoms with E-state index in [-0.39, 0.29) is 24.5 Å². The first-order valence-corrected chi connectivity index (χ1v) is 16.4. The zero-order valence-electron chi connectivity index (χ0n) is 27.9. The Hall–Kier alpha value is -5.08. The maximum absolute atomic E-state index is 13.4. The van der Waals surface area contributed by atoms with Crippen LogP contribution in [0.4, 0.5) is 5.69 Å². The SMILES string of the molecule is COC(=O)COCCCOCCCCCOc1ccc2c(c1)C(NC(=O)c1cccc(NCc3nnc(-c4ccncn4)n3C)c1)CCO2. The first-order valence-electron chi connectivity index (χ1n) is 16.4. The number of aromatic nitrogens is 5. The Morgan fingerprint density at radius 1 is 0.980 bits per heavy atom. The van der Waals surface area contributed by atoms with Crippen LogP contribution < -0.4 is 20.1 Å². The van der Waals surface area contributed by atoms with Gasteiger partial charge < -0.3 is 38.9 Å². The van der Waals surface area contributed by atoms with Gasteiger partial charge in [-0.15, -0.1) is 10.2 Å². The van der Waals surface area contributed by atoms with E-state index in [0.29, 0.717) is 63.1 Å². The van der Waals surface area contributed by atoms with E-state index in [2.05, 4.69) is 35.5 Å². The number of ether oxygens (including phenoxy) is 5. The zero-order valence-corrected chi connectivity index (χ0v) is 27.9. The van der Waals surface area contributed by atoms with Gasteiger partial charge in [-0.2, -0.15) is 0 Å². The van der Waals surface area contributed by atoms with Gasteiger partial charge in [-0.1, -0.05) is 6.07 Å². The minimum atomic E-state index is -0.378. The summed E-state index contributed by atoms with van der Waals surface area (Å²) in [5.74, 6) is 2.31. The molecule has 0 radical (unpaired) electrons. The number of anilines is 1. The van der Waals surface area contributed by atoms with Crippen molar-refractivity contribution < 1.29 is 33.3 Å². The summed E-state index contributed by atoms with van der Waals surface area (Å²) < 4.78 is 29.1. The Kier molecular flexibility index (Phi) is 13.3. The number of methoxy groups -OCH3 is 1. The van der Waals surface area contributed by atoms with Gasteiger partial charge in [0.2, 0.25) is 0 Å². The second kappa shape index (κ2) is 18.5. The number of nitrogens with zero attached hydrogens (tertiary/aromatic N) is 5. The maximum atomic E-state index is 13.4. The van der Waals surface area contributed by atoms with Gasteiger partial charge in [0.1, 0.15) is 30.1 Å². The molecule has 14 nitrogen and oxygen atoms in total. The van der Waals surface area contributed by atoms with Gasteiger partial charge in [-0.3, -0.25) is 4.79 Å². The number of hydrogen-bond donors (Lipinski definition) is 2. The molecular weight excluding hydrogens is 630 g/mol. The number of benzene rings is 2. The second-order valence-corrected chi connectivity index (χ2v) is 11.4. The third kappa shape index (κ3) is 10.5. The van der Waals surface area contributed by atoms with Crippen LogP contribution in [0.2, 0.25) is 0 Å². The van der Waals surface area contributed by atoms with Crippen LogP contribution in [0.15, 0.2) is 61.1 Å². The number of carbonyl (C=O) groups is 2. The number of amides is 1. The summed E-state index contributed by atoms with van der Waals surface area (Å²) >= 11 is 0. The molecule has 1 amide bonds. The lowest BCUT2D eigenvalue weighted by Gasteiger charge is -2.27. The molecule has 4 aromatic rings. The van der Waals surface area contributed by atoms with E-state index in [1.165, 1.54) is 13.4 Å². The van der Waals surface area contributed by atoms with Crippen molar-refractivity contribution in [3.05, 3.63) is 78.0 Å². The highest BCUT2D eigenvalue weighted by Gasteiger charge is 2.24. The molecule has 260 valence electrons. The van der Waals surface area contributed by atoms with Crippen LogP contribution in [0.5, 0.6) is 11.5 Å². The third-order valence-electron chi connectivity index (χ3n) is 7.90. The van der Waals surface area contributed by atoms with Crippen molar-refractivity contribution in [2.24, 2.45) is 7.05 Å². The van der Waals surface area contributed by atoms with Crippen LogP contribution in [-0.2, 0) is 32.6 Å². The summed E-state index contributed by atoms with van der Waals surface area (Å²) in [6.07, 6.45) is 7.32. The van der Waals surface area contributed by atoms with E-state index < -0.39 is 0 Å². The lowest BCUT2D eigenvalue weighted by Crippen LogP contribution is -2.32. The predicted molar refractivity (Wildman–Crippen MR) is 180 cm³/mol. The summed E-state index contributed by atoms with van der Waals surface area (Å²) in [6.45, 7) is 3.19. The molecule has 1 atom stereocenters. The van der Waals surface area contributed by atoms with Crippen molar-refractivity contribution in [2.75, 3.05) is 52.1 Å². The fourth-order valence-electron chi connectivity index (χ4n) is 5.22. The summed E-state index contributed by atoms with van der Waals surface area (Å²) in [5, 5.41) is 15.1. The van der Waals surface area contributed by atoms with E-state index in [9.17, 15) is 9.59 Å². The quantitative estimate of drug-likeness (QED) is 0.108. The number of unbranched alkanes of at least 4 members (excludes halogenated alkanes) is 2. The molecule has 49 heavy (non-hydrogen) atoms. The molecule has 0 bridgehead atoms. The van der Waals surface area contributed by atoms with E-state index >= 15 is 0 Å². The average molecular weight is 674 g/mol. The number of nitrogens with one attached hydrogen (secondary N) is 2. The number of esters is 1. The molecule has 0 saturated carbocycles. The third-order valence-corrected chi connectivity index (χ3v) is 7.90. The van der Waals surface area contributed by atoms with Gasteiger partial charge in [0.05, 0.1) is 32.9 Å². The lowest BCUT2D eigenvalue weighted by atomic mass is 9.99. The smallest absolute Gasteiger partial charge is 0.331 e. The first-order chi connectivity index (χ1) is 24.0. The van der Waals surface area contributed by atoms with E-state index in [4.69, 9.17) is 18.9 Å². The zero-order chi connectivity index (χ0) is 34.3. The van der Waals surface area contributed by atoms with Crippen molar-refractivity contribution in [3.63, 3.8) is 0 Å². The van der Waals surface area contributed by atoms with Gasteiger partial charge in [0, 0.05) is 56.3 Å². The van der Waals surface area contributed by atoms with E-state index in [0.717, 1.165) is 54.3 Å². The van der Waals surface area contributed by atoms with Crippen molar-refractivity contribution in [3.8, 4) is 23.0 Å². The minimum Gasteiger partial charge on any atom is -0.494 e. The largest absolute Gasteiger partial charge is 0.494 e. The molecule has 0 spiro atoms. The Balaban J connectivity index is 1.05. The van der Waals surface area contributed by atoms with Crippen molar-refractivity contribution >= 4 is 17.6 Å². The Morgan fingerprint density at radius 3 is 2.69 bits per heavy atom. The monoisotopic (exact) mass is 673 g/mol. The highest BCUT2D eigenvalue weighted by atomic mass is 16.6. The Bertz CT molecular complexity index is 1650. The van der Waals surface area contributed by atoms with E-state index in [1.807, 2.05) is 48.0 Å². The fraction of sp³-hybridized carbons (Fsp3) is 0.429. The molecule has 0 saturated heterocycles. The summed E-state index contributed by atoms with van der Waals surface area (Å²) in [5.41, 5.74) is 2.92. The molecule has 1 aliphatic rings. The highest BCUT2D eigenvalue weighted by Crippen LogP contribution is 2.35. The van der Waals surface area contributed by atoms with E-state index in [1.54, 1.807) is 18.3 Å². The van der Waals surface area contributed by atoms with Gasteiger partial charge in [-0.25, -0.2) is 14.8 Å². The standard InChI is InChI=1S/C35H43N7O7/c1-42-32(40-41-34(42)30-12-14-36-24-38-30)22-37-26-9-6-8-25(20-26)35(44)39-29-13-19-49-31-11-10-27(21-28(29)31)48-18-5-3-4-15-46-16-7-17-47-23-33(43)45-2/h6,8-12,14,20-21,24,29,37H,3-5,7,13,15-19,22-23H2,1-2H3,(H,39,44). The topological polar surface area (TPSA) is 161 Å². The molecule has 0 aliphatic carbocycles. The molecular formula is C35H43N7O7. The van der Waals surface area contributed by atoms with Gasteiger partial charge in [-0.05, 0) is 68.1 Å². The number of fused-ring (bicyclic) bond motifs is 1. The molecule has 0 fully saturated rings. The first kappa shape index (κ1) is 35.2. The Morgan fingerprint density at radius 2 is 1.84 bits per heavy atom. The number of carbonyl (C=O) groups excluding carboxylic acids is 2. The van der Waals surface area contributed by atoms with Crippen molar-refractivity contribution in [1.82, 2.24) is 30.0 Å². The molecule has 2 N–H and O–H groups in total. The predicted octanol–water partition coefficient (Wildman–Crippen LogP) is 4.28. The van der Waals surface area contributed by atoms with Crippen LogP contribution in [0.1, 0.15) is 59.9 Å². The summed E-state index contributed by atoms with van der Waals surface area (Å²) in [6, 6.07) is 14.7. The van der Waals surface area contributed by atoms with Crippen LogP contribution in [0, 0.1) is 0 Å². The molecule has 1 aliphatic heterocycles. The molecule has 14 heteroatoms. The fourth-order valence-corrected chi connectivity index (χ4v) is 5.22. The molecule has 1 unspecified atom stereocenters. The normalized spacial score (nSPS) is 13.6.